The van der Waals surface area contributed by atoms with E-state index < -0.39 is 5.63 Å². The largest absolute Gasteiger partial charge is 0.506 e. The van der Waals surface area contributed by atoms with E-state index in [4.69, 9.17) is 16.0 Å². The third-order valence-electron chi connectivity index (χ3n) is 1.69. The molecule has 66 valence electrons. The van der Waals surface area contributed by atoms with Gasteiger partial charge < -0.3 is 9.52 Å². The van der Waals surface area contributed by atoms with E-state index in [9.17, 15) is 9.90 Å². The Kier molecular flexibility index (Phi) is 1.74. The fourth-order valence-electron chi connectivity index (χ4n) is 1.08. The number of halogens is 1. The van der Waals surface area contributed by atoms with E-state index in [0.29, 0.717) is 11.0 Å². The molecule has 0 aliphatic rings. The van der Waals surface area contributed by atoms with E-state index in [2.05, 4.69) is 0 Å². The molecular formula is C9H5ClO3. The Hall–Kier alpha value is -1.48. The number of hydrogen-bond acceptors (Lipinski definition) is 3. The molecule has 0 atom stereocenters. The fourth-order valence-corrected chi connectivity index (χ4v) is 1.25. The summed E-state index contributed by atoms with van der Waals surface area (Å²) in [6.45, 7) is 0. The van der Waals surface area contributed by atoms with Gasteiger partial charge in [0.15, 0.2) is 0 Å². The number of aromatic hydroxyl groups is 1. The third kappa shape index (κ3) is 1.38. The molecule has 0 saturated carbocycles. The van der Waals surface area contributed by atoms with Crippen molar-refractivity contribution in [2.45, 2.75) is 0 Å². The van der Waals surface area contributed by atoms with E-state index in [0.717, 1.165) is 0 Å². The second-order valence-electron chi connectivity index (χ2n) is 2.60. The van der Waals surface area contributed by atoms with Crippen molar-refractivity contribution in [3.63, 3.8) is 0 Å². The highest BCUT2D eigenvalue weighted by Gasteiger charge is 2.02. The molecule has 0 bridgehead atoms. The van der Waals surface area contributed by atoms with Gasteiger partial charge in [0.2, 0.25) is 0 Å². The lowest BCUT2D eigenvalue weighted by molar-refractivity contribution is 0.473. The number of phenolic OH excluding ortho intramolecular Hbond substituents is 1. The highest BCUT2D eigenvalue weighted by molar-refractivity contribution is 6.32. The van der Waals surface area contributed by atoms with Gasteiger partial charge in [-0.15, -0.1) is 0 Å². The van der Waals surface area contributed by atoms with Crippen molar-refractivity contribution in [2.75, 3.05) is 0 Å². The Morgan fingerprint density at radius 3 is 2.85 bits per heavy atom. The molecule has 3 nitrogen and oxygen atoms in total. The predicted molar refractivity (Wildman–Crippen MR) is 49.2 cm³/mol. The first-order valence-electron chi connectivity index (χ1n) is 3.59. The number of rotatable bonds is 0. The summed E-state index contributed by atoms with van der Waals surface area (Å²) >= 11 is 5.66. The van der Waals surface area contributed by atoms with Gasteiger partial charge in [-0.05, 0) is 12.1 Å². The van der Waals surface area contributed by atoms with Crippen LogP contribution in [-0.2, 0) is 0 Å². The monoisotopic (exact) mass is 196 g/mol. The van der Waals surface area contributed by atoms with Gasteiger partial charge in [-0.1, -0.05) is 11.6 Å². The highest BCUT2D eigenvalue weighted by atomic mass is 35.5. The number of hydrogen-bond donors (Lipinski definition) is 1. The summed E-state index contributed by atoms with van der Waals surface area (Å²) in [4.78, 5) is 10.8. The van der Waals surface area contributed by atoms with E-state index >= 15 is 0 Å². The van der Waals surface area contributed by atoms with Crippen LogP contribution < -0.4 is 5.63 Å². The van der Waals surface area contributed by atoms with Gasteiger partial charge in [-0.2, -0.15) is 0 Å². The van der Waals surface area contributed by atoms with Crippen molar-refractivity contribution in [2.24, 2.45) is 0 Å². The van der Waals surface area contributed by atoms with Crippen LogP contribution in [-0.4, -0.2) is 5.11 Å². The van der Waals surface area contributed by atoms with E-state index in [1.807, 2.05) is 0 Å². The highest BCUT2D eigenvalue weighted by Crippen LogP contribution is 2.27. The lowest BCUT2D eigenvalue weighted by atomic mass is 10.2. The van der Waals surface area contributed by atoms with Gasteiger partial charge >= 0.3 is 5.63 Å². The van der Waals surface area contributed by atoms with Gasteiger partial charge in [0, 0.05) is 17.5 Å². The van der Waals surface area contributed by atoms with Crippen molar-refractivity contribution in [3.8, 4) is 5.75 Å². The van der Waals surface area contributed by atoms with Crippen LogP contribution in [0, 0.1) is 0 Å². The maximum Gasteiger partial charge on any atom is 0.336 e. The van der Waals surface area contributed by atoms with Crippen LogP contribution >= 0.6 is 11.6 Å². The molecule has 0 unspecified atom stereocenters. The molecule has 1 aromatic heterocycles. The molecule has 0 aliphatic carbocycles. The molecule has 0 fully saturated rings. The minimum absolute atomic E-state index is 0.0940. The van der Waals surface area contributed by atoms with E-state index in [-0.39, 0.29) is 10.8 Å². The maximum absolute atomic E-state index is 10.8. The van der Waals surface area contributed by atoms with Crippen LogP contribution in [0.25, 0.3) is 11.0 Å². The zero-order valence-corrected chi connectivity index (χ0v) is 7.21. The molecule has 0 radical (unpaired) electrons. The smallest absolute Gasteiger partial charge is 0.336 e. The van der Waals surface area contributed by atoms with Crippen molar-refractivity contribution in [1.29, 1.82) is 0 Å². The second-order valence-corrected chi connectivity index (χ2v) is 3.00. The molecule has 4 heteroatoms. The van der Waals surface area contributed by atoms with Crippen molar-refractivity contribution in [3.05, 3.63) is 39.7 Å². The van der Waals surface area contributed by atoms with Crippen molar-refractivity contribution < 1.29 is 9.52 Å². The first-order chi connectivity index (χ1) is 6.16. The average Bonchev–Trinajstić information content (AvgIpc) is 2.08. The average molecular weight is 197 g/mol. The SMILES string of the molecule is O=c1ccc2cc(Cl)c(O)cc2o1. The van der Waals surface area contributed by atoms with Gasteiger partial charge in [0.25, 0.3) is 0 Å². The molecule has 1 N–H and O–H groups in total. The Labute approximate surface area is 78.2 Å². The molecule has 0 aliphatic heterocycles. The second kappa shape index (κ2) is 2.78. The zero-order valence-electron chi connectivity index (χ0n) is 6.45. The Balaban J connectivity index is 2.89. The standard InChI is InChI=1S/C9H5ClO3/c10-6-3-5-1-2-9(12)13-8(5)4-7(6)11/h1-4,11H. The zero-order chi connectivity index (χ0) is 9.42. The predicted octanol–water partition coefficient (Wildman–Crippen LogP) is 2.15. The molecule has 1 aromatic carbocycles. The molecule has 2 aromatic rings. The van der Waals surface area contributed by atoms with Crippen molar-refractivity contribution in [1.82, 2.24) is 0 Å². The fraction of sp³-hybridized carbons (Fsp3) is 0. The Morgan fingerprint density at radius 1 is 1.31 bits per heavy atom. The lowest BCUT2D eigenvalue weighted by Gasteiger charge is -1.98. The van der Waals surface area contributed by atoms with Gasteiger partial charge in [-0.3, -0.25) is 0 Å². The summed E-state index contributed by atoms with van der Waals surface area (Å²) in [5.74, 6) is -0.0940. The van der Waals surface area contributed by atoms with E-state index in [1.165, 1.54) is 18.2 Å². The summed E-state index contributed by atoms with van der Waals surface area (Å²) in [6, 6.07) is 5.75. The van der Waals surface area contributed by atoms with Crippen LogP contribution in [0.5, 0.6) is 5.75 Å². The number of phenols is 1. The topological polar surface area (TPSA) is 50.4 Å². The maximum atomic E-state index is 10.8. The minimum atomic E-state index is -0.450. The molecule has 1 heterocycles. The first-order valence-corrected chi connectivity index (χ1v) is 3.97. The van der Waals surface area contributed by atoms with Crippen LogP contribution in [0.2, 0.25) is 5.02 Å². The van der Waals surface area contributed by atoms with Crippen molar-refractivity contribution >= 4 is 22.6 Å². The summed E-state index contributed by atoms with van der Waals surface area (Å²) in [5, 5.41) is 10.1. The van der Waals surface area contributed by atoms with Gasteiger partial charge in [-0.25, -0.2) is 4.79 Å². The van der Waals surface area contributed by atoms with Crippen LogP contribution in [0.15, 0.2) is 33.5 Å². The summed E-state index contributed by atoms with van der Waals surface area (Å²) in [5.41, 5.74) is -0.122. The van der Waals surface area contributed by atoms with E-state index in [1.54, 1.807) is 6.07 Å². The molecule has 2 rings (SSSR count). The molecular weight excluding hydrogens is 192 g/mol. The Bertz CT molecular complexity index is 516. The van der Waals surface area contributed by atoms with Crippen LogP contribution in [0.3, 0.4) is 0 Å². The third-order valence-corrected chi connectivity index (χ3v) is 1.99. The lowest BCUT2D eigenvalue weighted by Crippen LogP contribution is -1.93. The summed E-state index contributed by atoms with van der Waals surface area (Å²) in [6.07, 6.45) is 0. The summed E-state index contributed by atoms with van der Waals surface area (Å²) < 4.78 is 4.82. The molecule has 0 amide bonds. The first kappa shape index (κ1) is 8.13. The molecule has 0 saturated heterocycles. The normalized spacial score (nSPS) is 10.5. The number of benzene rings is 1. The minimum Gasteiger partial charge on any atom is -0.506 e. The Morgan fingerprint density at radius 2 is 2.08 bits per heavy atom. The van der Waals surface area contributed by atoms with Crippen LogP contribution in [0.4, 0.5) is 0 Å². The van der Waals surface area contributed by atoms with Crippen LogP contribution in [0.1, 0.15) is 0 Å². The molecule has 13 heavy (non-hydrogen) atoms. The quantitative estimate of drug-likeness (QED) is 0.657. The summed E-state index contributed by atoms with van der Waals surface area (Å²) in [7, 11) is 0. The molecule has 0 spiro atoms. The van der Waals surface area contributed by atoms with Gasteiger partial charge in [0.05, 0.1) is 5.02 Å². The van der Waals surface area contributed by atoms with Gasteiger partial charge in [0.1, 0.15) is 11.3 Å². The number of fused-ring (bicyclic) bond motifs is 1.